The maximum atomic E-state index is 11.8. The van der Waals surface area contributed by atoms with E-state index in [9.17, 15) is 4.79 Å². The highest BCUT2D eigenvalue weighted by molar-refractivity contribution is 5.94. The van der Waals surface area contributed by atoms with E-state index in [0.29, 0.717) is 17.9 Å². The van der Waals surface area contributed by atoms with Crippen molar-refractivity contribution in [3.05, 3.63) is 71.0 Å². The van der Waals surface area contributed by atoms with Crippen LogP contribution in [0.3, 0.4) is 0 Å². The molecule has 0 unspecified atom stereocenters. The van der Waals surface area contributed by atoms with Gasteiger partial charge in [0.05, 0.1) is 0 Å². The molecule has 0 aliphatic heterocycles. The fraction of sp³-hybridized carbons (Fsp3) is 0.238. The van der Waals surface area contributed by atoms with Crippen molar-refractivity contribution >= 4 is 11.7 Å². The average Bonchev–Trinajstić information content (AvgIpc) is 2.71. The number of carbonyl (C=O) groups is 1. The zero-order chi connectivity index (χ0) is 19.2. The average molecular weight is 361 g/mol. The highest BCUT2D eigenvalue weighted by atomic mass is 16.1. The Morgan fingerprint density at radius 1 is 1.07 bits per heavy atom. The maximum absolute atomic E-state index is 11.8. The van der Waals surface area contributed by atoms with E-state index in [1.807, 2.05) is 56.3 Å². The highest BCUT2D eigenvalue weighted by Gasteiger charge is 2.10. The van der Waals surface area contributed by atoms with E-state index in [2.05, 4.69) is 25.6 Å². The van der Waals surface area contributed by atoms with Gasteiger partial charge in [-0.25, -0.2) is 9.97 Å². The number of carbonyl (C=O) groups excluding carboxylic acids is 1. The first-order valence-corrected chi connectivity index (χ1v) is 8.90. The Hall–Kier alpha value is -3.28. The van der Waals surface area contributed by atoms with Gasteiger partial charge in [-0.05, 0) is 50.1 Å². The fourth-order valence-electron chi connectivity index (χ4n) is 2.75. The summed E-state index contributed by atoms with van der Waals surface area (Å²) in [6.07, 6.45) is 2.52. The molecule has 0 saturated heterocycles. The van der Waals surface area contributed by atoms with Crippen LogP contribution in [0, 0.1) is 13.8 Å². The molecule has 0 saturated carbocycles. The lowest BCUT2D eigenvalue weighted by molar-refractivity contribution is 0.0963. The Morgan fingerprint density at radius 2 is 1.93 bits per heavy atom. The summed E-state index contributed by atoms with van der Waals surface area (Å²) in [5, 5.41) is 6.04. The van der Waals surface area contributed by atoms with Crippen LogP contribution in [0.1, 0.15) is 27.2 Å². The molecular formula is C21H23N5O. The Labute approximate surface area is 159 Å². The van der Waals surface area contributed by atoms with Gasteiger partial charge in [-0.1, -0.05) is 18.2 Å². The van der Waals surface area contributed by atoms with Gasteiger partial charge in [0.25, 0.3) is 5.91 Å². The van der Waals surface area contributed by atoms with Gasteiger partial charge in [0.1, 0.15) is 11.5 Å². The number of rotatable bonds is 6. The van der Waals surface area contributed by atoms with Crippen molar-refractivity contribution in [2.75, 3.05) is 18.9 Å². The normalized spacial score (nSPS) is 10.5. The molecule has 138 valence electrons. The van der Waals surface area contributed by atoms with Gasteiger partial charge in [-0.3, -0.25) is 9.78 Å². The highest BCUT2D eigenvalue weighted by Crippen LogP contribution is 2.20. The monoisotopic (exact) mass is 361 g/mol. The second kappa shape index (κ2) is 8.40. The first kappa shape index (κ1) is 18.5. The van der Waals surface area contributed by atoms with Crippen molar-refractivity contribution in [2.24, 2.45) is 0 Å². The smallest absolute Gasteiger partial charge is 0.251 e. The molecular weight excluding hydrogens is 338 g/mol. The van der Waals surface area contributed by atoms with Crippen LogP contribution < -0.4 is 10.6 Å². The van der Waals surface area contributed by atoms with E-state index in [1.54, 1.807) is 13.2 Å². The molecule has 2 aromatic heterocycles. The molecule has 0 bridgehead atoms. The van der Waals surface area contributed by atoms with Gasteiger partial charge in [0.2, 0.25) is 0 Å². The predicted molar refractivity (Wildman–Crippen MR) is 107 cm³/mol. The molecule has 0 aliphatic carbocycles. The van der Waals surface area contributed by atoms with Gasteiger partial charge in [-0.2, -0.15) is 0 Å². The Bertz CT molecular complexity index is 941. The molecule has 6 heteroatoms. The molecule has 0 atom stereocenters. The third kappa shape index (κ3) is 4.47. The molecule has 0 aliphatic rings. The second-order valence-electron chi connectivity index (χ2n) is 6.28. The molecule has 1 amide bonds. The van der Waals surface area contributed by atoms with Gasteiger partial charge in [0, 0.05) is 36.6 Å². The molecule has 2 heterocycles. The lowest BCUT2D eigenvalue weighted by Crippen LogP contribution is -2.18. The van der Waals surface area contributed by atoms with E-state index >= 15 is 0 Å². The number of nitrogens with one attached hydrogen (secondary N) is 2. The lowest BCUT2D eigenvalue weighted by Gasteiger charge is -2.12. The van der Waals surface area contributed by atoms with E-state index in [4.69, 9.17) is 0 Å². The van der Waals surface area contributed by atoms with Crippen LogP contribution in [0.4, 0.5) is 5.82 Å². The van der Waals surface area contributed by atoms with Crippen LogP contribution in [-0.2, 0) is 6.42 Å². The summed E-state index contributed by atoms with van der Waals surface area (Å²) in [7, 11) is 1.63. The largest absolute Gasteiger partial charge is 0.369 e. The summed E-state index contributed by atoms with van der Waals surface area (Å²) < 4.78 is 0. The summed E-state index contributed by atoms with van der Waals surface area (Å²) in [5.74, 6) is 1.35. The van der Waals surface area contributed by atoms with Gasteiger partial charge in [0.15, 0.2) is 5.82 Å². The molecule has 0 spiro atoms. The second-order valence-corrected chi connectivity index (χ2v) is 6.28. The minimum Gasteiger partial charge on any atom is -0.369 e. The standard InChI is InChI=1S/C21H23N5O/c1-14-15(2)25-20(18-9-4-5-11-23-18)26-19(14)24-12-10-16-7-6-8-17(13-16)21(27)22-3/h4-9,11,13H,10,12H2,1-3H3,(H,22,27)(H,24,25,26). The lowest BCUT2D eigenvalue weighted by atomic mass is 10.1. The molecule has 0 fully saturated rings. The molecule has 3 aromatic rings. The number of benzene rings is 1. The molecule has 3 rings (SSSR count). The summed E-state index contributed by atoms with van der Waals surface area (Å²) in [6, 6.07) is 13.3. The summed E-state index contributed by atoms with van der Waals surface area (Å²) >= 11 is 0. The van der Waals surface area contributed by atoms with Crippen molar-refractivity contribution in [1.29, 1.82) is 0 Å². The van der Waals surface area contributed by atoms with E-state index in [1.165, 1.54) is 0 Å². The number of aromatic nitrogens is 3. The van der Waals surface area contributed by atoms with Gasteiger partial charge < -0.3 is 10.6 Å². The number of aryl methyl sites for hydroxylation is 1. The van der Waals surface area contributed by atoms with E-state index in [0.717, 1.165) is 34.8 Å². The third-order valence-corrected chi connectivity index (χ3v) is 4.41. The first-order chi connectivity index (χ1) is 13.1. The summed E-state index contributed by atoms with van der Waals surface area (Å²) in [6.45, 7) is 4.68. The molecule has 6 nitrogen and oxygen atoms in total. The summed E-state index contributed by atoms with van der Waals surface area (Å²) in [4.78, 5) is 25.3. The van der Waals surface area contributed by atoms with Crippen LogP contribution in [0.25, 0.3) is 11.5 Å². The number of anilines is 1. The maximum Gasteiger partial charge on any atom is 0.251 e. The van der Waals surface area contributed by atoms with Gasteiger partial charge in [-0.15, -0.1) is 0 Å². The quantitative estimate of drug-likeness (QED) is 0.705. The van der Waals surface area contributed by atoms with E-state index in [-0.39, 0.29) is 5.91 Å². The Kier molecular flexibility index (Phi) is 5.76. The number of nitrogens with zero attached hydrogens (tertiary/aromatic N) is 3. The molecule has 27 heavy (non-hydrogen) atoms. The molecule has 2 N–H and O–H groups in total. The molecule has 0 radical (unpaired) electrons. The van der Waals surface area contributed by atoms with Crippen molar-refractivity contribution in [1.82, 2.24) is 20.3 Å². The Morgan fingerprint density at radius 3 is 2.67 bits per heavy atom. The first-order valence-electron chi connectivity index (χ1n) is 8.90. The molecule has 1 aromatic carbocycles. The minimum atomic E-state index is -0.0768. The van der Waals surface area contributed by atoms with Crippen LogP contribution in [0.15, 0.2) is 48.7 Å². The number of hydrogen-bond acceptors (Lipinski definition) is 5. The number of pyridine rings is 1. The number of hydrogen-bond donors (Lipinski definition) is 2. The summed E-state index contributed by atoms with van der Waals surface area (Å²) in [5.41, 5.74) is 4.46. The van der Waals surface area contributed by atoms with Crippen molar-refractivity contribution in [2.45, 2.75) is 20.3 Å². The predicted octanol–water partition coefficient (Wildman–Crippen LogP) is 3.17. The van der Waals surface area contributed by atoms with Crippen LogP contribution >= 0.6 is 0 Å². The third-order valence-electron chi connectivity index (χ3n) is 4.41. The zero-order valence-corrected chi connectivity index (χ0v) is 15.8. The van der Waals surface area contributed by atoms with Crippen LogP contribution in [0.2, 0.25) is 0 Å². The van der Waals surface area contributed by atoms with Crippen molar-refractivity contribution in [3.8, 4) is 11.5 Å². The number of amides is 1. The van der Waals surface area contributed by atoms with E-state index < -0.39 is 0 Å². The van der Waals surface area contributed by atoms with Crippen molar-refractivity contribution in [3.63, 3.8) is 0 Å². The van der Waals surface area contributed by atoms with Crippen LogP contribution in [-0.4, -0.2) is 34.5 Å². The van der Waals surface area contributed by atoms with Crippen molar-refractivity contribution < 1.29 is 4.79 Å². The Balaban J connectivity index is 1.73. The zero-order valence-electron chi connectivity index (χ0n) is 15.8. The SMILES string of the molecule is CNC(=O)c1cccc(CCNc2nc(-c3ccccn3)nc(C)c2C)c1. The topological polar surface area (TPSA) is 79.8 Å². The van der Waals surface area contributed by atoms with Gasteiger partial charge >= 0.3 is 0 Å². The van der Waals surface area contributed by atoms with Crippen LogP contribution in [0.5, 0.6) is 0 Å². The fourth-order valence-corrected chi connectivity index (χ4v) is 2.75. The minimum absolute atomic E-state index is 0.0768.